The summed E-state index contributed by atoms with van der Waals surface area (Å²) in [6, 6.07) is 7.00. The molecule has 0 aliphatic heterocycles. The van der Waals surface area contributed by atoms with Crippen LogP contribution in [0.15, 0.2) is 45.7 Å². The summed E-state index contributed by atoms with van der Waals surface area (Å²) in [5.74, 6) is -0.229. The van der Waals surface area contributed by atoms with E-state index in [4.69, 9.17) is 4.42 Å². The summed E-state index contributed by atoms with van der Waals surface area (Å²) in [6.07, 6.45) is 4.24. The maximum Gasteiger partial charge on any atom is 0.142 e. The number of halogens is 2. The zero-order valence-electron chi connectivity index (χ0n) is 10.1. The van der Waals surface area contributed by atoms with Crippen molar-refractivity contribution in [1.29, 1.82) is 0 Å². The van der Waals surface area contributed by atoms with Gasteiger partial charge in [-0.15, -0.1) is 0 Å². The Balaban J connectivity index is 2.37. The molecule has 18 heavy (non-hydrogen) atoms. The standard InChI is InChI=1S/C14H15BrFNO/c1-2-7-17-14(10-6-8-18-9-10)11-4-3-5-12(15)13(11)16/h3-6,8-9,14,17H,2,7H2,1H3. The minimum absolute atomic E-state index is 0.179. The first-order valence-electron chi connectivity index (χ1n) is 5.93. The Kier molecular flexibility index (Phi) is 4.55. The molecule has 1 N–H and O–H groups in total. The van der Waals surface area contributed by atoms with E-state index < -0.39 is 0 Å². The summed E-state index contributed by atoms with van der Waals surface area (Å²) in [7, 11) is 0. The first-order chi connectivity index (χ1) is 8.74. The lowest BCUT2D eigenvalue weighted by Crippen LogP contribution is -2.23. The molecule has 1 heterocycles. The van der Waals surface area contributed by atoms with Gasteiger partial charge >= 0.3 is 0 Å². The van der Waals surface area contributed by atoms with Gasteiger partial charge in [-0.05, 0) is 41.0 Å². The van der Waals surface area contributed by atoms with Crippen molar-refractivity contribution < 1.29 is 8.81 Å². The summed E-state index contributed by atoms with van der Waals surface area (Å²) in [5, 5.41) is 3.34. The van der Waals surface area contributed by atoms with Crippen LogP contribution in [-0.4, -0.2) is 6.54 Å². The summed E-state index contributed by atoms with van der Waals surface area (Å²) < 4.78 is 19.7. The third-order valence-electron chi connectivity index (χ3n) is 2.77. The molecule has 2 aromatic rings. The third kappa shape index (κ3) is 2.82. The lowest BCUT2D eigenvalue weighted by molar-refractivity contribution is 0.528. The van der Waals surface area contributed by atoms with Crippen molar-refractivity contribution in [2.75, 3.05) is 6.54 Å². The highest BCUT2D eigenvalue weighted by molar-refractivity contribution is 9.10. The van der Waals surface area contributed by atoms with Crippen molar-refractivity contribution in [3.05, 3.63) is 58.2 Å². The highest BCUT2D eigenvalue weighted by Gasteiger charge is 2.19. The SMILES string of the molecule is CCCNC(c1ccoc1)c1cccc(Br)c1F. The van der Waals surface area contributed by atoms with Gasteiger partial charge in [-0.1, -0.05) is 19.1 Å². The fourth-order valence-corrected chi connectivity index (χ4v) is 2.26. The van der Waals surface area contributed by atoms with E-state index in [1.54, 1.807) is 24.7 Å². The largest absolute Gasteiger partial charge is 0.472 e. The van der Waals surface area contributed by atoms with Gasteiger partial charge in [0.1, 0.15) is 5.82 Å². The summed E-state index contributed by atoms with van der Waals surface area (Å²) in [6.45, 7) is 2.90. The second-order valence-electron chi connectivity index (χ2n) is 4.09. The Morgan fingerprint density at radius 1 is 1.39 bits per heavy atom. The molecule has 0 fully saturated rings. The first kappa shape index (κ1) is 13.3. The summed E-state index contributed by atoms with van der Waals surface area (Å²) >= 11 is 3.22. The minimum Gasteiger partial charge on any atom is -0.472 e. The molecule has 0 saturated heterocycles. The molecule has 0 aliphatic rings. The number of hydrogen-bond acceptors (Lipinski definition) is 2. The van der Waals surface area contributed by atoms with E-state index in [2.05, 4.69) is 28.2 Å². The Labute approximate surface area is 114 Å². The van der Waals surface area contributed by atoms with Gasteiger partial charge in [0.25, 0.3) is 0 Å². The van der Waals surface area contributed by atoms with Crippen molar-refractivity contribution in [1.82, 2.24) is 5.32 Å². The minimum atomic E-state index is -0.229. The zero-order chi connectivity index (χ0) is 13.0. The van der Waals surface area contributed by atoms with Crippen molar-refractivity contribution in [3.63, 3.8) is 0 Å². The molecule has 0 radical (unpaired) electrons. The molecule has 1 atom stereocenters. The summed E-state index contributed by atoms with van der Waals surface area (Å²) in [4.78, 5) is 0. The molecule has 2 rings (SSSR count). The number of furan rings is 1. The van der Waals surface area contributed by atoms with Crippen LogP contribution in [0.5, 0.6) is 0 Å². The van der Waals surface area contributed by atoms with E-state index in [-0.39, 0.29) is 11.9 Å². The van der Waals surface area contributed by atoms with Crippen molar-refractivity contribution in [2.45, 2.75) is 19.4 Å². The normalized spacial score (nSPS) is 12.6. The van der Waals surface area contributed by atoms with E-state index >= 15 is 0 Å². The zero-order valence-corrected chi connectivity index (χ0v) is 11.7. The molecular formula is C14H15BrFNO. The highest BCUT2D eigenvalue weighted by atomic mass is 79.9. The Morgan fingerprint density at radius 3 is 2.89 bits per heavy atom. The van der Waals surface area contributed by atoms with Crippen LogP contribution < -0.4 is 5.32 Å². The molecule has 0 saturated carbocycles. The smallest absolute Gasteiger partial charge is 0.142 e. The van der Waals surface area contributed by atoms with Gasteiger partial charge in [-0.2, -0.15) is 0 Å². The van der Waals surface area contributed by atoms with E-state index in [1.165, 1.54) is 0 Å². The van der Waals surface area contributed by atoms with Crippen LogP contribution in [0.2, 0.25) is 0 Å². The van der Waals surface area contributed by atoms with Crippen molar-refractivity contribution >= 4 is 15.9 Å². The van der Waals surface area contributed by atoms with Gasteiger partial charge in [-0.3, -0.25) is 0 Å². The molecule has 4 heteroatoms. The van der Waals surface area contributed by atoms with Gasteiger partial charge in [0, 0.05) is 11.1 Å². The lowest BCUT2D eigenvalue weighted by atomic mass is 10.0. The number of nitrogens with one attached hydrogen (secondary N) is 1. The van der Waals surface area contributed by atoms with Crippen LogP contribution in [0.3, 0.4) is 0 Å². The van der Waals surface area contributed by atoms with Crippen LogP contribution in [0.25, 0.3) is 0 Å². The maximum absolute atomic E-state index is 14.2. The van der Waals surface area contributed by atoms with Gasteiger partial charge in [0.15, 0.2) is 0 Å². The van der Waals surface area contributed by atoms with Crippen LogP contribution in [0, 0.1) is 5.82 Å². The second kappa shape index (κ2) is 6.16. The van der Waals surface area contributed by atoms with Crippen LogP contribution in [0.1, 0.15) is 30.5 Å². The third-order valence-corrected chi connectivity index (χ3v) is 3.38. The topological polar surface area (TPSA) is 25.2 Å². The number of rotatable bonds is 5. The van der Waals surface area contributed by atoms with E-state index in [1.807, 2.05) is 12.1 Å². The van der Waals surface area contributed by atoms with Gasteiger partial charge in [-0.25, -0.2) is 4.39 Å². The first-order valence-corrected chi connectivity index (χ1v) is 6.72. The second-order valence-corrected chi connectivity index (χ2v) is 4.94. The fraction of sp³-hybridized carbons (Fsp3) is 0.286. The predicted molar refractivity (Wildman–Crippen MR) is 72.9 cm³/mol. The lowest BCUT2D eigenvalue weighted by Gasteiger charge is -2.18. The molecule has 0 spiro atoms. The molecule has 1 aromatic carbocycles. The molecule has 1 aromatic heterocycles. The van der Waals surface area contributed by atoms with Gasteiger partial charge in [0.2, 0.25) is 0 Å². The predicted octanol–water partition coefficient (Wildman–Crippen LogP) is 4.27. The average molecular weight is 312 g/mol. The quantitative estimate of drug-likeness (QED) is 0.892. The van der Waals surface area contributed by atoms with Crippen molar-refractivity contribution in [3.8, 4) is 0 Å². The molecule has 96 valence electrons. The van der Waals surface area contributed by atoms with Crippen LogP contribution in [-0.2, 0) is 0 Å². The molecule has 0 bridgehead atoms. The Bertz CT molecular complexity index is 499. The van der Waals surface area contributed by atoms with E-state index in [9.17, 15) is 4.39 Å². The average Bonchev–Trinajstić information content (AvgIpc) is 2.88. The molecule has 2 nitrogen and oxygen atoms in total. The monoisotopic (exact) mass is 311 g/mol. The van der Waals surface area contributed by atoms with E-state index in [0.717, 1.165) is 18.5 Å². The van der Waals surface area contributed by atoms with Crippen LogP contribution >= 0.6 is 15.9 Å². The Morgan fingerprint density at radius 2 is 2.22 bits per heavy atom. The Hall–Kier alpha value is -1.13. The maximum atomic E-state index is 14.2. The van der Waals surface area contributed by atoms with Gasteiger partial charge < -0.3 is 9.73 Å². The molecule has 0 amide bonds. The summed E-state index contributed by atoms with van der Waals surface area (Å²) in [5.41, 5.74) is 1.56. The fourth-order valence-electron chi connectivity index (χ4n) is 1.88. The number of hydrogen-bond donors (Lipinski definition) is 1. The van der Waals surface area contributed by atoms with Crippen LogP contribution in [0.4, 0.5) is 4.39 Å². The number of benzene rings is 1. The highest BCUT2D eigenvalue weighted by Crippen LogP contribution is 2.28. The molecule has 0 aliphatic carbocycles. The van der Waals surface area contributed by atoms with E-state index in [0.29, 0.717) is 10.0 Å². The molecule has 1 unspecified atom stereocenters. The van der Waals surface area contributed by atoms with Crippen molar-refractivity contribution in [2.24, 2.45) is 0 Å². The molecular weight excluding hydrogens is 297 g/mol. The van der Waals surface area contributed by atoms with Gasteiger partial charge in [0.05, 0.1) is 23.0 Å².